The number of thiophene rings is 1. The standard InChI is InChI=1S/C28H25N5O3S2/c1-4-33-25(20-15-23(18-10-6-5-7-11-18)29-22-13-9-8-12-19(20)22)31-32-28(33)37-16-24(34)30-26-21(27(35)36-3)14-17(2)38-26/h5-15H,4,16H2,1-3H3,(H,30,34). The number of benzene rings is 2. The van der Waals surface area contributed by atoms with Crippen LogP contribution in [0.15, 0.2) is 71.9 Å². The van der Waals surface area contributed by atoms with Gasteiger partial charge in [-0.1, -0.05) is 60.3 Å². The SMILES string of the molecule is CCn1c(SCC(=O)Nc2sc(C)cc2C(=O)OC)nnc1-c1cc(-c2ccccc2)nc2ccccc12. The van der Waals surface area contributed by atoms with Crippen LogP contribution < -0.4 is 5.32 Å². The number of carbonyl (C=O) groups excluding carboxylic acids is 2. The fraction of sp³-hybridized carbons (Fsp3) is 0.179. The van der Waals surface area contributed by atoms with E-state index in [0.717, 1.165) is 32.6 Å². The summed E-state index contributed by atoms with van der Waals surface area (Å²) >= 11 is 2.63. The Morgan fingerprint density at radius 3 is 2.58 bits per heavy atom. The molecule has 0 fully saturated rings. The van der Waals surface area contributed by atoms with Crippen LogP contribution in [0.25, 0.3) is 33.5 Å². The zero-order valence-corrected chi connectivity index (χ0v) is 22.7. The predicted octanol–water partition coefficient (Wildman–Crippen LogP) is 6.07. The van der Waals surface area contributed by atoms with Gasteiger partial charge in [0.05, 0.1) is 29.6 Å². The van der Waals surface area contributed by atoms with E-state index in [4.69, 9.17) is 9.72 Å². The van der Waals surface area contributed by atoms with Crippen LogP contribution in [0.5, 0.6) is 0 Å². The van der Waals surface area contributed by atoms with Gasteiger partial charge in [0.2, 0.25) is 5.91 Å². The fourth-order valence-corrected chi connectivity index (χ4v) is 5.88. The molecule has 192 valence electrons. The topological polar surface area (TPSA) is 99.0 Å². The number of nitrogens with one attached hydrogen (secondary N) is 1. The highest BCUT2D eigenvalue weighted by Gasteiger charge is 2.20. The average Bonchev–Trinajstić information content (AvgIpc) is 3.53. The van der Waals surface area contributed by atoms with Crippen molar-refractivity contribution in [1.82, 2.24) is 19.7 Å². The van der Waals surface area contributed by atoms with Gasteiger partial charge in [0.1, 0.15) is 5.00 Å². The molecule has 1 amide bonds. The van der Waals surface area contributed by atoms with E-state index in [-0.39, 0.29) is 11.7 Å². The Morgan fingerprint density at radius 1 is 1.05 bits per heavy atom. The molecule has 5 aromatic rings. The van der Waals surface area contributed by atoms with E-state index in [9.17, 15) is 9.59 Å². The molecule has 38 heavy (non-hydrogen) atoms. The number of thioether (sulfide) groups is 1. The maximum Gasteiger partial charge on any atom is 0.340 e. The van der Waals surface area contributed by atoms with Crippen molar-refractivity contribution >= 4 is 50.9 Å². The van der Waals surface area contributed by atoms with Gasteiger partial charge in [0, 0.05) is 27.9 Å². The highest BCUT2D eigenvalue weighted by Crippen LogP contribution is 2.33. The van der Waals surface area contributed by atoms with Crippen molar-refractivity contribution in [3.63, 3.8) is 0 Å². The van der Waals surface area contributed by atoms with E-state index in [2.05, 4.69) is 15.5 Å². The minimum atomic E-state index is -0.480. The van der Waals surface area contributed by atoms with Gasteiger partial charge in [-0.05, 0) is 32.0 Å². The number of ether oxygens (including phenoxy) is 1. The van der Waals surface area contributed by atoms with Crippen molar-refractivity contribution in [2.24, 2.45) is 0 Å². The third kappa shape index (κ3) is 5.18. The lowest BCUT2D eigenvalue weighted by molar-refractivity contribution is -0.113. The molecule has 3 aromatic heterocycles. The van der Waals surface area contributed by atoms with E-state index < -0.39 is 5.97 Å². The van der Waals surface area contributed by atoms with Crippen molar-refractivity contribution in [3.05, 3.63) is 77.2 Å². The minimum Gasteiger partial charge on any atom is -0.465 e. The normalized spacial score (nSPS) is 11.0. The number of carbonyl (C=O) groups is 2. The summed E-state index contributed by atoms with van der Waals surface area (Å²) in [6.07, 6.45) is 0. The Kier molecular flexibility index (Phi) is 7.52. The van der Waals surface area contributed by atoms with Crippen LogP contribution in [0.2, 0.25) is 0 Å². The summed E-state index contributed by atoms with van der Waals surface area (Å²) in [6.45, 7) is 4.52. The Labute approximate surface area is 228 Å². The summed E-state index contributed by atoms with van der Waals surface area (Å²) in [4.78, 5) is 30.6. The molecular formula is C28H25N5O3S2. The molecule has 0 bridgehead atoms. The molecule has 0 aliphatic heterocycles. The molecule has 5 rings (SSSR count). The monoisotopic (exact) mass is 543 g/mol. The molecule has 8 nitrogen and oxygen atoms in total. The minimum absolute atomic E-state index is 0.113. The largest absolute Gasteiger partial charge is 0.465 e. The van der Waals surface area contributed by atoms with Gasteiger partial charge in [0.25, 0.3) is 0 Å². The highest BCUT2D eigenvalue weighted by molar-refractivity contribution is 7.99. The molecule has 3 heterocycles. The zero-order chi connectivity index (χ0) is 26.6. The third-order valence-electron chi connectivity index (χ3n) is 5.91. The maximum absolute atomic E-state index is 12.8. The summed E-state index contributed by atoms with van der Waals surface area (Å²) in [5.41, 5.74) is 4.02. The number of hydrogen-bond donors (Lipinski definition) is 1. The molecule has 2 aromatic carbocycles. The molecule has 0 unspecified atom stereocenters. The quantitative estimate of drug-likeness (QED) is 0.187. The number of amides is 1. The number of hydrogen-bond acceptors (Lipinski definition) is 8. The summed E-state index contributed by atoms with van der Waals surface area (Å²) in [5, 5.41) is 13.9. The van der Waals surface area contributed by atoms with Gasteiger partial charge >= 0.3 is 5.97 Å². The van der Waals surface area contributed by atoms with E-state index in [1.54, 1.807) is 6.07 Å². The number of methoxy groups -OCH3 is 1. The summed E-state index contributed by atoms with van der Waals surface area (Å²) in [7, 11) is 1.32. The third-order valence-corrected chi connectivity index (χ3v) is 7.84. The van der Waals surface area contributed by atoms with E-state index in [1.165, 1.54) is 30.2 Å². The molecule has 0 spiro atoms. The summed E-state index contributed by atoms with van der Waals surface area (Å²) < 4.78 is 6.83. The van der Waals surface area contributed by atoms with Crippen LogP contribution in [0, 0.1) is 6.92 Å². The first-order chi connectivity index (χ1) is 18.5. The Hall–Kier alpha value is -4.02. The second-order valence-corrected chi connectivity index (χ2v) is 10.6. The average molecular weight is 544 g/mol. The molecule has 1 N–H and O–H groups in total. The molecule has 0 radical (unpaired) electrons. The van der Waals surface area contributed by atoms with Crippen molar-refractivity contribution < 1.29 is 14.3 Å². The van der Waals surface area contributed by atoms with E-state index >= 15 is 0 Å². The number of aryl methyl sites for hydroxylation is 1. The number of esters is 1. The van der Waals surface area contributed by atoms with Crippen LogP contribution in [0.3, 0.4) is 0 Å². The maximum atomic E-state index is 12.8. The van der Waals surface area contributed by atoms with Crippen LogP contribution in [0.1, 0.15) is 22.2 Å². The highest BCUT2D eigenvalue weighted by atomic mass is 32.2. The Morgan fingerprint density at radius 2 is 1.82 bits per heavy atom. The second-order valence-electron chi connectivity index (χ2n) is 8.42. The van der Waals surface area contributed by atoms with Gasteiger partial charge in [-0.15, -0.1) is 21.5 Å². The number of nitrogens with zero attached hydrogens (tertiary/aromatic N) is 4. The molecule has 0 atom stereocenters. The van der Waals surface area contributed by atoms with Gasteiger partial charge in [-0.3, -0.25) is 4.79 Å². The van der Waals surface area contributed by atoms with E-state index in [1.807, 2.05) is 79.1 Å². The smallest absolute Gasteiger partial charge is 0.340 e. The number of anilines is 1. The molecular weight excluding hydrogens is 518 g/mol. The van der Waals surface area contributed by atoms with E-state index in [0.29, 0.717) is 28.1 Å². The number of pyridine rings is 1. The number of para-hydroxylation sites is 1. The van der Waals surface area contributed by atoms with Gasteiger partial charge in [-0.25, -0.2) is 9.78 Å². The van der Waals surface area contributed by atoms with Crippen molar-refractivity contribution in [1.29, 1.82) is 0 Å². The zero-order valence-electron chi connectivity index (χ0n) is 21.1. The first-order valence-corrected chi connectivity index (χ1v) is 13.8. The van der Waals surface area contributed by atoms with Crippen molar-refractivity contribution in [2.45, 2.75) is 25.5 Å². The van der Waals surface area contributed by atoms with Gasteiger partial charge in [-0.2, -0.15) is 0 Å². The van der Waals surface area contributed by atoms with Crippen molar-refractivity contribution in [2.75, 3.05) is 18.2 Å². The first kappa shape index (κ1) is 25.6. The van der Waals surface area contributed by atoms with Crippen LogP contribution in [-0.4, -0.2) is 44.5 Å². The lowest BCUT2D eigenvalue weighted by Crippen LogP contribution is -2.16. The Bertz CT molecular complexity index is 1630. The lowest BCUT2D eigenvalue weighted by Gasteiger charge is -2.12. The summed E-state index contributed by atoms with van der Waals surface area (Å²) in [5.74, 6) is 0.109. The second kappa shape index (κ2) is 11.2. The van der Waals surface area contributed by atoms with Crippen LogP contribution in [-0.2, 0) is 16.1 Å². The molecule has 0 aliphatic carbocycles. The van der Waals surface area contributed by atoms with Gasteiger partial charge < -0.3 is 14.6 Å². The molecule has 0 aliphatic rings. The fourth-order valence-electron chi connectivity index (χ4n) is 4.16. The predicted molar refractivity (Wildman–Crippen MR) is 152 cm³/mol. The summed E-state index contributed by atoms with van der Waals surface area (Å²) in [6, 6.07) is 21.8. The van der Waals surface area contributed by atoms with Gasteiger partial charge in [0.15, 0.2) is 11.0 Å². The van der Waals surface area contributed by atoms with Crippen molar-refractivity contribution in [3.8, 4) is 22.6 Å². The molecule has 0 saturated heterocycles. The lowest BCUT2D eigenvalue weighted by atomic mass is 10.0. The number of aromatic nitrogens is 4. The Balaban J connectivity index is 1.42. The number of rotatable bonds is 8. The first-order valence-electron chi connectivity index (χ1n) is 12.0. The van der Waals surface area contributed by atoms with Crippen LogP contribution in [0.4, 0.5) is 5.00 Å². The molecule has 0 saturated carbocycles. The van der Waals surface area contributed by atoms with Crippen LogP contribution >= 0.6 is 23.1 Å². The molecule has 10 heteroatoms. The number of fused-ring (bicyclic) bond motifs is 1.